The molecule has 3 atom stereocenters. The first-order chi connectivity index (χ1) is 12.1. The highest BCUT2D eigenvalue weighted by molar-refractivity contribution is 6.44. The van der Waals surface area contributed by atoms with Crippen molar-refractivity contribution < 1.29 is 19.1 Å². The lowest BCUT2D eigenvalue weighted by Crippen LogP contribution is -2.53. The van der Waals surface area contributed by atoms with E-state index in [9.17, 15) is 14.4 Å². The van der Waals surface area contributed by atoms with Crippen molar-refractivity contribution in [2.75, 3.05) is 20.6 Å². The molecule has 1 aromatic carbocycles. The summed E-state index contributed by atoms with van der Waals surface area (Å²) in [7, 11) is 3.75. The Morgan fingerprint density at radius 2 is 1.69 bits per heavy atom. The number of esters is 1. The Bertz CT molecular complexity index is 755. The SMILES string of the molecule is CN(C)CC(OC(=O)c1ccccc1)C12CCC(C)(C(=O)C1=O)C2(C)C. The minimum Gasteiger partial charge on any atom is -0.456 e. The third kappa shape index (κ3) is 2.29. The quantitative estimate of drug-likeness (QED) is 0.599. The van der Waals surface area contributed by atoms with E-state index in [1.54, 1.807) is 24.3 Å². The summed E-state index contributed by atoms with van der Waals surface area (Å²) in [5.41, 5.74) is -1.77. The molecule has 0 heterocycles. The van der Waals surface area contributed by atoms with Crippen LogP contribution < -0.4 is 0 Å². The molecule has 3 unspecified atom stereocenters. The first kappa shape index (κ1) is 18.8. The van der Waals surface area contributed by atoms with Gasteiger partial charge < -0.3 is 9.64 Å². The maximum atomic E-state index is 13.1. The fraction of sp³-hybridized carbons (Fsp3) is 0.571. The van der Waals surface area contributed by atoms with Crippen molar-refractivity contribution in [2.24, 2.45) is 16.2 Å². The van der Waals surface area contributed by atoms with E-state index >= 15 is 0 Å². The third-order valence-electron chi connectivity index (χ3n) is 6.97. The molecule has 2 saturated carbocycles. The van der Waals surface area contributed by atoms with Gasteiger partial charge in [-0.15, -0.1) is 0 Å². The molecule has 0 saturated heterocycles. The molecule has 0 N–H and O–H groups in total. The van der Waals surface area contributed by atoms with Crippen LogP contribution in [0, 0.1) is 16.2 Å². The van der Waals surface area contributed by atoms with Gasteiger partial charge in [-0.3, -0.25) is 9.59 Å². The molecule has 1 aromatic rings. The summed E-state index contributed by atoms with van der Waals surface area (Å²) in [4.78, 5) is 40.5. The van der Waals surface area contributed by atoms with Gasteiger partial charge in [-0.25, -0.2) is 4.79 Å². The molecule has 5 nitrogen and oxygen atoms in total. The number of carbonyl (C=O) groups excluding carboxylic acids is 3. The Labute approximate surface area is 154 Å². The normalized spacial score (nSPS) is 30.7. The molecular weight excluding hydrogens is 330 g/mol. The van der Waals surface area contributed by atoms with Gasteiger partial charge in [0.2, 0.25) is 11.6 Å². The highest BCUT2D eigenvalue weighted by atomic mass is 16.5. The molecule has 2 fully saturated rings. The standard InChI is InChI=1S/C21H27NO4/c1-19(2)20(3)11-12-21(19,17(24)16(20)23)15(13-22(4)5)26-18(25)14-9-7-6-8-10-14/h6-10,15H,11-13H2,1-5H3. The van der Waals surface area contributed by atoms with E-state index in [-0.39, 0.29) is 11.6 Å². The second-order valence-electron chi connectivity index (χ2n) is 8.61. The van der Waals surface area contributed by atoms with Crippen LogP contribution in [0.2, 0.25) is 0 Å². The van der Waals surface area contributed by atoms with Crippen LogP contribution in [0.1, 0.15) is 44.0 Å². The van der Waals surface area contributed by atoms with Gasteiger partial charge in [0, 0.05) is 12.0 Å². The zero-order chi connectivity index (χ0) is 19.3. The van der Waals surface area contributed by atoms with Crippen LogP contribution in [0.3, 0.4) is 0 Å². The van der Waals surface area contributed by atoms with Crippen LogP contribution in [0.5, 0.6) is 0 Å². The number of rotatable bonds is 5. The highest BCUT2D eigenvalue weighted by Gasteiger charge is 2.77. The summed E-state index contributed by atoms with van der Waals surface area (Å²) in [6.45, 7) is 6.23. The predicted molar refractivity (Wildman–Crippen MR) is 97.8 cm³/mol. The molecule has 0 aromatic heterocycles. The molecule has 0 amide bonds. The number of benzene rings is 1. The molecule has 2 aliphatic rings. The van der Waals surface area contributed by atoms with E-state index in [1.807, 2.05) is 45.8 Å². The van der Waals surface area contributed by atoms with Gasteiger partial charge in [-0.1, -0.05) is 39.0 Å². The minimum atomic E-state index is -0.965. The maximum absolute atomic E-state index is 13.1. The first-order valence-corrected chi connectivity index (χ1v) is 9.08. The lowest BCUT2D eigenvalue weighted by molar-refractivity contribution is -0.148. The second kappa shape index (κ2) is 6.02. The summed E-state index contributed by atoms with van der Waals surface area (Å²) >= 11 is 0. The van der Waals surface area contributed by atoms with Crippen molar-refractivity contribution in [3.05, 3.63) is 35.9 Å². The number of ketones is 2. The van der Waals surface area contributed by atoms with E-state index in [4.69, 9.17) is 4.74 Å². The molecule has 0 radical (unpaired) electrons. The lowest BCUT2D eigenvalue weighted by Gasteiger charge is -2.43. The van der Waals surface area contributed by atoms with Crippen molar-refractivity contribution in [1.82, 2.24) is 4.90 Å². The van der Waals surface area contributed by atoms with Crippen molar-refractivity contribution in [3.63, 3.8) is 0 Å². The van der Waals surface area contributed by atoms with Crippen LogP contribution in [-0.2, 0) is 14.3 Å². The molecule has 5 heteroatoms. The van der Waals surface area contributed by atoms with E-state index in [0.29, 0.717) is 24.9 Å². The van der Waals surface area contributed by atoms with Gasteiger partial charge in [0.15, 0.2) is 0 Å². The Morgan fingerprint density at radius 1 is 1.08 bits per heavy atom. The van der Waals surface area contributed by atoms with Gasteiger partial charge in [-0.2, -0.15) is 0 Å². The average molecular weight is 357 g/mol. The topological polar surface area (TPSA) is 63.7 Å². The lowest BCUT2D eigenvalue weighted by atomic mass is 9.62. The predicted octanol–water partition coefficient (Wildman–Crippen LogP) is 2.74. The van der Waals surface area contributed by atoms with Gasteiger partial charge in [0.1, 0.15) is 6.10 Å². The van der Waals surface area contributed by atoms with Gasteiger partial charge in [-0.05, 0) is 44.5 Å². The smallest absolute Gasteiger partial charge is 0.338 e. The molecule has 2 aliphatic carbocycles. The molecule has 0 aliphatic heterocycles. The van der Waals surface area contributed by atoms with Crippen molar-refractivity contribution in [2.45, 2.75) is 39.7 Å². The molecular formula is C21H27NO4. The van der Waals surface area contributed by atoms with Crippen LogP contribution in [0.4, 0.5) is 0 Å². The van der Waals surface area contributed by atoms with E-state index in [0.717, 1.165) is 0 Å². The van der Waals surface area contributed by atoms with E-state index in [1.165, 1.54) is 0 Å². The number of likely N-dealkylation sites (N-methyl/N-ethyl adjacent to an activating group) is 1. The van der Waals surface area contributed by atoms with Crippen molar-refractivity contribution in [3.8, 4) is 0 Å². The van der Waals surface area contributed by atoms with E-state index < -0.39 is 28.3 Å². The number of nitrogens with zero attached hydrogens (tertiary/aromatic N) is 1. The number of carbonyl (C=O) groups is 3. The Morgan fingerprint density at radius 3 is 2.19 bits per heavy atom. The number of fused-ring (bicyclic) bond motifs is 2. The van der Waals surface area contributed by atoms with Crippen LogP contribution in [0.25, 0.3) is 0 Å². The molecule has 140 valence electrons. The monoisotopic (exact) mass is 357 g/mol. The van der Waals surface area contributed by atoms with Gasteiger partial charge in [0.05, 0.1) is 11.0 Å². The minimum absolute atomic E-state index is 0.312. The molecule has 0 spiro atoms. The van der Waals surface area contributed by atoms with Crippen LogP contribution in [-0.4, -0.2) is 49.2 Å². The number of ether oxygens (including phenoxy) is 1. The summed E-state index contributed by atoms with van der Waals surface area (Å²) in [5.74, 6) is -1.14. The molecule has 2 bridgehead atoms. The van der Waals surface area contributed by atoms with Gasteiger partial charge >= 0.3 is 5.97 Å². The highest BCUT2D eigenvalue weighted by Crippen LogP contribution is 2.70. The first-order valence-electron chi connectivity index (χ1n) is 9.08. The summed E-state index contributed by atoms with van der Waals surface area (Å²) in [5, 5.41) is 0. The Hall–Kier alpha value is -2.01. The fourth-order valence-corrected chi connectivity index (χ4v) is 4.92. The maximum Gasteiger partial charge on any atom is 0.338 e. The summed E-state index contributed by atoms with van der Waals surface area (Å²) in [6, 6.07) is 8.77. The van der Waals surface area contributed by atoms with Crippen molar-refractivity contribution >= 4 is 17.5 Å². The van der Waals surface area contributed by atoms with E-state index in [2.05, 4.69) is 0 Å². The number of hydrogen-bond acceptors (Lipinski definition) is 5. The average Bonchev–Trinajstić information content (AvgIpc) is 2.86. The second-order valence-corrected chi connectivity index (χ2v) is 8.61. The number of hydrogen-bond donors (Lipinski definition) is 0. The fourth-order valence-electron chi connectivity index (χ4n) is 4.92. The molecule has 3 rings (SSSR count). The third-order valence-corrected chi connectivity index (χ3v) is 6.97. The van der Waals surface area contributed by atoms with Crippen molar-refractivity contribution in [1.29, 1.82) is 0 Å². The number of Topliss-reactive ketones (excluding diaryl/α,β-unsaturated/α-hetero) is 2. The van der Waals surface area contributed by atoms with Crippen LogP contribution in [0.15, 0.2) is 30.3 Å². The summed E-state index contributed by atoms with van der Waals surface area (Å²) < 4.78 is 5.90. The van der Waals surface area contributed by atoms with Gasteiger partial charge in [0.25, 0.3) is 0 Å². The summed E-state index contributed by atoms with van der Waals surface area (Å²) in [6.07, 6.45) is 0.556. The zero-order valence-electron chi connectivity index (χ0n) is 16.2. The molecule has 26 heavy (non-hydrogen) atoms. The Kier molecular flexibility index (Phi) is 4.34. The van der Waals surface area contributed by atoms with Crippen LogP contribution >= 0.6 is 0 Å². The largest absolute Gasteiger partial charge is 0.456 e. The Balaban J connectivity index is 2.02. The zero-order valence-corrected chi connectivity index (χ0v) is 16.2.